The van der Waals surface area contributed by atoms with Crippen molar-refractivity contribution in [2.45, 2.75) is 58.0 Å². The fourth-order valence-electron chi connectivity index (χ4n) is 1.77. The Morgan fingerprint density at radius 2 is 2.10 bits per heavy atom. The lowest BCUT2D eigenvalue weighted by Crippen LogP contribution is -2.59. The van der Waals surface area contributed by atoms with Crippen LogP contribution in [-0.4, -0.2) is 11.6 Å². The summed E-state index contributed by atoms with van der Waals surface area (Å²) < 4.78 is 0. The van der Waals surface area contributed by atoms with E-state index in [2.05, 4.69) is 26.1 Å². The van der Waals surface area contributed by atoms with Crippen molar-refractivity contribution in [3.05, 3.63) is 0 Å². The van der Waals surface area contributed by atoms with Crippen molar-refractivity contribution in [3.63, 3.8) is 0 Å². The highest BCUT2D eigenvalue weighted by Gasteiger charge is 2.33. The molecule has 1 unspecified atom stereocenters. The van der Waals surface area contributed by atoms with Crippen molar-refractivity contribution in [2.75, 3.05) is 0 Å². The first-order chi connectivity index (χ1) is 4.64. The molecule has 1 nitrogen and oxygen atoms in total. The Labute approximate surface area is 64.2 Å². The normalized spacial score (nSPS) is 29.7. The van der Waals surface area contributed by atoms with Crippen LogP contribution in [0.1, 0.15) is 46.5 Å². The van der Waals surface area contributed by atoms with E-state index in [1.807, 2.05) is 0 Å². The topological polar surface area (TPSA) is 12.0 Å². The van der Waals surface area contributed by atoms with Crippen molar-refractivity contribution < 1.29 is 0 Å². The van der Waals surface area contributed by atoms with Crippen molar-refractivity contribution in [3.8, 4) is 0 Å². The van der Waals surface area contributed by atoms with E-state index >= 15 is 0 Å². The molecule has 1 rings (SSSR count). The van der Waals surface area contributed by atoms with Gasteiger partial charge in [0.05, 0.1) is 0 Å². The van der Waals surface area contributed by atoms with Gasteiger partial charge < -0.3 is 5.32 Å². The van der Waals surface area contributed by atoms with Crippen LogP contribution in [0.2, 0.25) is 0 Å². The molecule has 1 aliphatic rings. The molecule has 0 aromatic carbocycles. The van der Waals surface area contributed by atoms with Gasteiger partial charge in [0.15, 0.2) is 0 Å². The maximum absolute atomic E-state index is 3.55. The molecule has 1 heteroatoms. The van der Waals surface area contributed by atoms with Crippen molar-refractivity contribution in [1.82, 2.24) is 5.32 Å². The average Bonchev–Trinajstić information content (AvgIpc) is 1.78. The molecule has 0 bridgehead atoms. The molecule has 0 aromatic rings. The smallest absolute Gasteiger partial charge is 0.0142 e. The third-order valence-electron chi connectivity index (χ3n) is 2.26. The molecule has 1 heterocycles. The van der Waals surface area contributed by atoms with Gasteiger partial charge in [0, 0.05) is 11.6 Å². The zero-order valence-corrected chi connectivity index (χ0v) is 7.41. The van der Waals surface area contributed by atoms with E-state index in [4.69, 9.17) is 0 Å². The van der Waals surface area contributed by atoms with E-state index in [1.54, 1.807) is 0 Å². The first kappa shape index (κ1) is 8.06. The molecule has 10 heavy (non-hydrogen) atoms. The van der Waals surface area contributed by atoms with Gasteiger partial charge in [-0.05, 0) is 26.7 Å². The Balaban J connectivity index is 2.03. The Hall–Kier alpha value is -0.0400. The predicted octanol–water partition coefficient (Wildman–Crippen LogP) is 2.32. The second kappa shape index (κ2) is 2.91. The average molecular weight is 141 g/mol. The Kier molecular flexibility index (Phi) is 2.35. The van der Waals surface area contributed by atoms with E-state index < -0.39 is 0 Å². The van der Waals surface area contributed by atoms with Crippen LogP contribution in [0.5, 0.6) is 0 Å². The summed E-state index contributed by atoms with van der Waals surface area (Å²) in [7, 11) is 0. The van der Waals surface area contributed by atoms with Crippen LogP contribution < -0.4 is 5.32 Å². The third kappa shape index (κ3) is 1.98. The largest absolute Gasteiger partial charge is 0.309 e. The SMILES string of the molecule is CCCCC1CC(C)(C)N1. The molecule has 0 amide bonds. The van der Waals surface area contributed by atoms with Gasteiger partial charge in [-0.15, -0.1) is 0 Å². The molecule has 0 spiro atoms. The highest BCUT2D eigenvalue weighted by atomic mass is 15.1. The number of rotatable bonds is 3. The zero-order chi connectivity index (χ0) is 7.61. The second-order valence-corrected chi connectivity index (χ2v) is 4.07. The van der Waals surface area contributed by atoms with Gasteiger partial charge in [-0.1, -0.05) is 19.8 Å². The van der Waals surface area contributed by atoms with E-state index in [9.17, 15) is 0 Å². The molecule has 1 saturated heterocycles. The molecule has 1 N–H and O–H groups in total. The lowest BCUT2D eigenvalue weighted by atomic mass is 9.83. The van der Waals surface area contributed by atoms with Crippen LogP contribution in [0.4, 0.5) is 0 Å². The van der Waals surface area contributed by atoms with Crippen LogP contribution in [0.25, 0.3) is 0 Å². The molecule has 1 atom stereocenters. The molecular formula is C9H19N. The predicted molar refractivity (Wildman–Crippen MR) is 45.1 cm³/mol. The highest BCUT2D eigenvalue weighted by molar-refractivity contribution is 4.95. The Morgan fingerprint density at radius 3 is 2.50 bits per heavy atom. The minimum absolute atomic E-state index is 0.443. The maximum Gasteiger partial charge on any atom is 0.0142 e. The summed E-state index contributed by atoms with van der Waals surface area (Å²) in [6.07, 6.45) is 5.46. The van der Waals surface area contributed by atoms with Crippen LogP contribution in [0.15, 0.2) is 0 Å². The number of unbranched alkanes of at least 4 members (excludes halogenated alkanes) is 1. The van der Waals surface area contributed by atoms with Gasteiger partial charge in [-0.3, -0.25) is 0 Å². The molecule has 1 aliphatic heterocycles. The van der Waals surface area contributed by atoms with Crippen LogP contribution in [-0.2, 0) is 0 Å². The second-order valence-electron chi connectivity index (χ2n) is 4.07. The van der Waals surface area contributed by atoms with Crippen LogP contribution in [0, 0.1) is 0 Å². The summed E-state index contributed by atoms with van der Waals surface area (Å²) in [5, 5.41) is 3.55. The standard InChI is InChI=1S/C9H19N/c1-4-5-6-8-7-9(2,3)10-8/h8,10H,4-7H2,1-3H3. The number of hydrogen-bond acceptors (Lipinski definition) is 1. The molecule has 0 radical (unpaired) electrons. The van der Waals surface area contributed by atoms with Gasteiger partial charge in [0.1, 0.15) is 0 Å². The summed E-state index contributed by atoms with van der Waals surface area (Å²) >= 11 is 0. The molecule has 60 valence electrons. The van der Waals surface area contributed by atoms with Crippen molar-refractivity contribution in [2.24, 2.45) is 0 Å². The maximum atomic E-state index is 3.55. The van der Waals surface area contributed by atoms with Crippen molar-refractivity contribution in [1.29, 1.82) is 0 Å². The summed E-state index contributed by atoms with van der Waals surface area (Å²) in [4.78, 5) is 0. The monoisotopic (exact) mass is 141 g/mol. The number of hydrogen-bond donors (Lipinski definition) is 1. The first-order valence-electron chi connectivity index (χ1n) is 4.42. The minimum Gasteiger partial charge on any atom is -0.309 e. The molecule has 0 saturated carbocycles. The molecule has 0 aliphatic carbocycles. The Morgan fingerprint density at radius 1 is 1.50 bits per heavy atom. The van der Waals surface area contributed by atoms with E-state index in [0.717, 1.165) is 6.04 Å². The molecule has 1 fully saturated rings. The Bertz CT molecular complexity index is 99.3. The summed E-state index contributed by atoms with van der Waals surface area (Å²) in [5.74, 6) is 0. The first-order valence-corrected chi connectivity index (χ1v) is 4.42. The van der Waals surface area contributed by atoms with Gasteiger partial charge in [0.25, 0.3) is 0 Å². The van der Waals surface area contributed by atoms with Gasteiger partial charge in [0.2, 0.25) is 0 Å². The van der Waals surface area contributed by atoms with E-state index in [-0.39, 0.29) is 0 Å². The lowest BCUT2D eigenvalue weighted by molar-refractivity contribution is 0.165. The lowest BCUT2D eigenvalue weighted by Gasteiger charge is -2.44. The summed E-state index contributed by atoms with van der Waals surface area (Å²) in [5.41, 5.74) is 0.443. The quantitative estimate of drug-likeness (QED) is 0.636. The fourth-order valence-corrected chi connectivity index (χ4v) is 1.77. The van der Waals surface area contributed by atoms with Gasteiger partial charge >= 0.3 is 0 Å². The highest BCUT2D eigenvalue weighted by Crippen LogP contribution is 2.26. The summed E-state index contributed by atoms with van der Waals surface area (Å²) in [6, 6.07) is 0.829. The van der Waals surface area contributed by atoms with Crippen LogP contribution in [0.3, 0.4) is 0 Å². The van der Waals surface area contributed by atoms with Gasteiger partial charge in [-0.2, -0.15) is 0 Å². The fraction of sp³-hybridized carbons (Fsp3) is 1.00. The third-order valence-corrected chi connectivity index (χ3v) is 2.26. The van der Waals surface area contributed by atoms with Crippen molar-refractivity contribution >= 4 is 0 Å². The van der Waals surface area contributed by atoms with E-state index in [0.29, 0.717) is 5.54 Å². The zero-order valence-electron chi connectivity index (χ0n) is 7.41. The van der Waals surface area contributed by atoms with Gasteiger partial charge in [-0.25, -0.2) is 0 Å². The molecule has 0 aromatic heterocycles. The van der Waals surface area contributed by atoms with E-state index in [1.165, 1.54) is 25.7 Å². The van der Waals surface area contributed by atoms with Crippen LogP contribution >= 0.6 is 0 Å². The summed E-state index contributed by atoms with van der Waals surface area (Å²) in [6.45, 7) is 6.80. The molecular weight excluding hydrogens is 122 g/mol. The number of nitrogens with one attached hydrogen (secondary N) is 1. The minimum atomic E-state index is 0.443.